The number of hydrogen-bond donors (Lipinski definition) is 1. The Bertz CT molecular complexity index is 733. The molecule has 0 aromatic heterocycles. The van der Waals surface area contributed by atoms with Gasteiger partial charge in [0.1, 0.15) is 30.5 Å². The second-order valence-electron chi connectivity index (χ2n) is 5.14. The summed E-state index contributed by atoms with van der Waals surface area (Å²) in [6.45, 7) is 0.520. The average molecular weight is 385 g/mol. The lowest BCUT2D eigenvalue weighted by Crippen LogP contribution is -2.10. The van der Waals surface area contributed by atoms with Crippen LogP contribution in [0.5, 0.6) is 17.2 Å². The lowest BCUT2D eigenvalue weighted by atomic mass is 10.1. The van der Waals surface area contributed by atoms with E-state index >= 15 is 0 Å². The third-order valence-corrected chi connectivity index (χ3v) is 3.92. The number of rotatable bonds is 9. The van der Waals surface area contributed by atoms with Crippen LogP contribution in [0.4, 0.5) is 0 Å². The van der Waals surface area contributed by atoms with E-state index in [0.717, 1.165) is 5.56 Å². The number of carbonyl (C=O) groups is 1. The van der Waals surface area contributed by atoms with E-state index in [1.807, 2.05) is 0 Å². The van der Waals surface area contributed by atoms with Crippen LogP contribution in [-0.4, -0.2) is 31.4 Å². The number of benzene rings is 2. The van der Waals surface area contributed by atoms with Gasteiger partial charge in [0.05, 0.1) is 12.1 Å². The zero-order valence-corrected chi connectivity index (χ0v) is 15.1. The Labute approximate surface area is 156 Å². The van der Waals surface area contributed by atoms with E-state index in [0.29, 0.717) is 33.7 Å². The molecule has 0 radical (unpaired) electrons. The maximum Gasteiger partial charge on any atom is 0.303 e. The first-order valence-electron chi connectivity index (χ1n) is 7.59. The first-order chi connectivity index (χ1) is 12.0. The summed E-state index contributed by atoms with van der Waals surface area (Å²) in [6.07, 6.45) is 0.396. The molecule has 25 heavy (non-hydrogen) atoms. The third kappa shape index (κ3) is 6.03. The second-order valence-corrected chi connectivity index (χ2v) is 5.98. The number of carboxylic acids is 1. The molecule has 0 amide bonds. The van der Waals surface area contributed by atoms with Gasteiger partial charge in [-0.3, -0.25) is 4.79 Å². The zero-order valence-electron chi connectivity index (χ0n) is 13.6. The maximum absolute atomic E-state index is 10.8. The van der Waals surface area contributed by atoms with Gasteiger partial charge in [0, 0.05) is 23.6 Å². The fourth-order valence-corrected chi connectivity index (χ4v) is 2.47. The Kier molecular flexibility index (Phi) is 7.22. The topological polar surface area (TPSA) is 65.0 Å². The summed E-state index contributed by atoms with van der Waals surface area (Å²) in [7, 11) is 1.56. The van der Waals surface area contributed by atoms with Gasteiger partial charge in [-0.2, -0.15) is 0 Å². The van der Waals surface area contributed by atoms with Crippen LogP contribution in [0.25, 0.3) is 0 Å². The number of ether oxygens (including phenoxy) is 3. The lowest BCUT2D eigenvalue weighted by Gasteiger charge is -2.13. The van der Waals surface area contributed by atoms with Gasteiger partial charge in [0.25, 0.3) is 0 Å². The van der Waals surface area contributed by atoms with E-state index in [-0.39, 0.29) is 19.6 Å². The highest BCUT2D eigenvalue weighted by atomic mass is 35.5. The number of hydrogen-bond acceptors (Lipinski definition) is 4. The number of aliphatic carboxylic acids is 1. The molecule has 0 bridgehead atoms. The normalized spacial score (nSPS) is 10.4. The van der Waals surface area contributed by atoms with Gasteiger partial charge in [-0.1, -0.05) is 29.3 Å². The minimum atomic E-state index is -0.860. The van der Waals surface area contributed by atoms with E-state index < -0.39 is 5.97 Å². The number of carboxylic acid groups (broad SMARTS) is 1. The second kappa shape index (κ2) is 9.39. The van der Waals surface area contributed by atoms with Crippen LogP contribution in [-0.2, 0) is 11.2 Å². The summed E-state index contributed by atoms with van der Waals surface area (Å²) in [5.41, 5.74) is 0.795. The van der Waals surface area contributed by atoms with Crippen LogP contribution >= 0.6 is 23.2 Å². The highest BCUT2D eigenvalue weighted by molar-refractivity contribution is 6.34. The van der Waals surface area contributed by atoms with Gasteiger partial charge in [-0.15, -0.1) is 0 Å². The predicted octanol–water partition coefficient (Wildman–Crippen LogP) is 4.48. The molecule has 2 aromatic carbocycles. The number of halogens is 2. The molecular formula is C18H18Cl2O5. The molecular weight excluding hydrogens is 367 g/mol. The standard InChI is InChI=1S/C18H18Cl2O5/c1-23-14-5-2-12(3-7-18(21)22)16(11-14)24-8-9-25-17-10-13(19)4-6-15(17)20/h2,4-6,10-11H,3,7-9H2,1H3,(H,21,22). The zero-order chi connectivity index (χ0) is 18.2. The van der Waals surface area contributed by atoms with Gasteiger partial charge >= 0.3 is 5.97 Å². The SMILES string of the molecule is COc1ccc(CCC(=O)O)c(OCCOc2cc(Cl)ccc2Cl)c1. The molecule has 7 heteroatoms. The van der Waals surface area contributed by atoms with Crippen LogP contribution < -0.4 is 14.2 Å². The van der Waals surface area contributed by atoms with Crippen molar-refractivity contribution < 1.29 is 24.1 Å². The Morgan fingerprint density at radius 1 is 1.04 bits per heavy atom. The summed E-state index contributed by atoms with van der Waals surface area (Å²) in [6, 6.07) is 10.3. The molecule has 0 fully saturated rings. The van der Waals surface area contributed by atoms with E-state index in [1.54, 1.807) is 43.5 Å². The molecule has 134 valence electrons. The number of aryl methyl sites for hydroxylation is 1. The molecule has 0 aliphatic rings. The van der Waals surface area contributed by atoms with Gasteiger partial charge in [-0.25, -0.2) is 0 Å². The summed E-state index contributed by atoms with van der Waals surface area (Å²) in [5.74, 6) is 0.824. The molecule has 2 rings (SSSR count). The van der Waals surface area contributed by atoms with Crippen molar-refractivity contribution >= 4 is 29.2 Å². The van der Waals surface area contributed by atoms with Crippen molar-refractivity contribution in [3.8, 4) is 17.2 Å². The molecule has 0 aliphatic heterocycles. The Hall–Kier alpha value is -2.11. The Balaban J connectivity index is 1.96. The van der Waals surface area contributed by atoms with E-state index in [2.05, 4.69) is 0 Å². The van der Waals surface area contributed by atoms with E-state index in [4.69, 9.17) is 42.5 Å². The molecule has 1 N–H and O–H groups in total. The quantitative estimate of drug-likeness (QED) is 0.645. The van der Waals surface area contributed by atoms with Crippen molar-refractivity contribution in [1.29, 1.82) is 0 Å². The average Bonchev–Trinajstić information content (AvgIpc) is 2.60. The van der Waals surface area contributed by atoms with Crippen LogP contribution in [0.3, 0.4) is 0 Å². The van der Waals surface area contributed by atoms with Crippen molar-refractivity contribution in [3.05, 3.63) is 52.0 Å². The largest absolute Gasteiger partial charge is 0.497 e. The molecule has 0 atom stereocenters. The van der Waals surface area contributed by atoms with Crippen LogP contribution in [0.1, 0.15) is 12.0 Å². The third-order valence-electron chi connectivity index (χ3n) is 3.37. The van der Waals surface area contributed by atoms with Gasteiger partial charge in [0.15, 0.2) is 0 Å². The minimum absolute atomic E-state index is 0.0251. The molecule has 5 nitrogen and oxygen atoms in total. The Morgan fingerprint density at radius 2 is 1.76 bits per heavy atom. The van der Waals surface area contributed by atoms with Crippen LogP contribution in [0, 0.1) is 0 Å². The molecule has 0 heterocycles. The van der Waals surface area contributed by atoms with Crippen molar-refractivity contribution in [1.82, 2.24) is 0 Å². The smallest absolute Gasteiger partial charge is 0.303 e. The summed E-state index contributed by atoms with van der Waals surface area (Å²) < 4.78 is 16.5. The molecule has 0 saturated heterocycles. The summed E-state index contributed by atoms with van der Waals surface area (Å²) in [5, 5.41) is 9.84. The van der Waals surface area contributed by atoms with E-state index in [9.17, 15) is 4.79 Å². The fourth-order valence-electron chi connectivity index (χ4n) is 2.14. The van der Waals surface area contributed by atoms with Crippen LogP contribution in [0.15, 0.2) is 36.4 Å². The molecule has 0 spiro atoms. The highest BCUT2D eigenvalue weighted by Crippen LogP contribution is 2.28. The van der Waals surface area contributed by atoms with Gasteiger partial charge in [0.2, 0.25) is 0 Å². The van der Waals surface area contributed by atoms with Crippen molar-refractivity contribution in [2.75, 3.05) is 20.3 Å². The predicted molar refractivity (Wildman–Crippen MR) is 96.4 cm³/mol. The van der Waals surface area contributed by atoms with E-state index in [1.165, 1.54) is 0 Å². The Morgan fingerprint density at radius 3 is 2.44 bits per heavy atom. The first kappa shape index (κ1) is 19.2. The molecule has 0 aliphatic carbocycles. The van der Waals surface area contributed by atoms with Crippen molar-refractivity contribution in [2.45, 2.75) is 12.8 Å². The minimum Gasteiger partial charge on any atom is -0.497 e. The first-order valence-corrected chi connectivity index (χ1v) is 8.34. The van der Waals surface area contributed by atoms with Gasteiger partial charge in [-0.05, 0) is 30.2 Å². The fraction of sp³-hybridized carbons (Fsp3) is 0.278. The highest BCUT2D eigenvalue weighted by Gasteiger charge is 2.09. The molecule has 2 aromatic rings. The molecule has 0 saturated carbocycles. The summed E-state index contributed by atoms with van der Waals surface area (Å²) in [4.78, 5) is 10.8. The summed E-state index contributed by atoms with van der Waals surface area (Å²) >= 11 is 11.9. The molecule has 0 unspecified atom stereocenters. The van der Waals surface area contributed by atoms with Crippen molar-refractivity contribution in [2.24, 2.45) is 0 Å². The van der Waals surface area contributed by atoms with Crippen molar-refractivity contribution in [3.63, 3.8) is 0 Å². The maximum atomic E-state index is 10.8. The number of methoxy groups -OCH3 is 1. The monoisotopic (exact) mass is 384 g/mol. The van der Waals surface area contributed by atoms with Crippen LogP contribution in [0.2, 0.25) is 10.0 Å². The van der Waals surface area contributed by atoms with Gasteiger partial charge < -0.3 is 19.3 Å². The lowest BCUT2D eigenvalue weighted by molar-refractivity contribution is -0.136.